The van der Waals surface area contributed by atoms with Gasteiger partial charge in [0.05, 0.1) is 11.6 Å². The Morgan fingerprint density at radius 2 is 2.00 bits per heavy atom. The van der Waals surface area contributed by atoms with Gasteiger partial charge >= 0.3 is 5.97 Å². The van der Waals surface area contributed by atoms with Crippen molar-refractivity contribution >= 4 is 11.9 Å². The van der Waals surface area contributed by atoms with E-state index in [2.05, 4.69) is 4.98 Å². The Labute approximate surface area is 116 Å². The van der Waals surface area contributed by atoms with E-state index in [-0.39, 0.29) is 24.1 Å². The molecule has 1 aromatic heterocycles. The predicted molar refractivity (Wildman–Crippen MR) is 69.2 cm³/mol. The van der Waals surface area contributed by atoms with E-state index < -0.39 is 11.9 Å². The number of carboxylic acid groups (broad SMARTS) is 1. The van der Waals surface area contributed by atoms with Crippen molar-refractivity contribution in [1.82, 2.24) is 9.88 Å². The quantitative estimate of drug-likeness (QED) is 0.905. The van der Waals surface area contributed by atoms with Crippen molar-refractivity contribution < 1.29 is 19.1 Å². The normalized spacial score (nSPS) is 26.0. The molecule has 0 spiro atoms. The van der Waals surface area contributed by atoms with Gasteiger partial charge in [0.1, 0.15) is 0 Å². The molecule has 108 valence electrons. The van der Waals surface area contributed by atoms with E-state index in [9.17, 15) is 14.7 Å². The molecule has 2 heterocycles. The van der Waals surface area contributed by atoms with Gasteiger partial charge in [-0.3, -0.25) is 9.59 Å². The molecule has 1 saturated heterocycles. The molecule has 1 N–H and O–H groups in total. The number of likely N-dealkylation sites (tertiary alicyclic amines) is 1. The maximum atomic E-state index is 12.4. The molecule has 1 aliphatic carbocycles. The number of aryl methyl sites for hydroxylation is 2. The van der Waals surface area contributed by atoms with Crippen molar-refractivity contribution in [3.8, 4) is 0 Å². The number of carboxylic acids is 1. The first kappa shape index (κ1) is 13.1. The van der Waals surface area contributed by atoms with Crippen LogP contribution in [0.4, 0.5) is 0 Å². The fourth-order valence-electron chi connectivity index (χ4n) is 3.13. The highest BCUT2D eigenvalue weighted by Crippen LogP contribution is 2.44. The number of hydrogen-bond acceptors (Lipinski definition) is 4. The molecule has 0 unspecified atom stereocenters. The highest BCUT2D eigenvalue weighted by molar-refractivity contribution is 5.93. The highest BCUT2D eigenvalue weighted by atomic mass is 16.4. The van der Waals surface area contributed by atoms with Crippen LogP contribution in [0.25, 0.3) is 0 Å². The molecule has 1 aliphatic heterocycles. The van der Waals surface area contributed by atoms with Crippen LogP contribution in [0.5, 0.6) is 0 Å². The summed E-state index contributed by atoms with van der Waals surface area (Å²) in [6, 6.07) is 0. The molecule has 6 nitrogen and oxygen atoms in total. The molecule has 0 aromatic carbocycles. The predicted octanol–water partition coefficient (Wildman–Crippen LogP) is 1.47. The van der Waals surface area contributed by atoms with E-state index in [4.69, 9.17) is 4.42 Å². The largest absolute Gasteiger partial charge is 0.481 e. The molecular weight excluding hydrogens is 260 g/mol. The Hall–Kier alpha value is -1.85. The van der Waals surface area contributed by atoms with Gasteiger partial charge in [-0.05, 0) is 31.6 Å². The third-order valence-corrected chi connectivity index (χ3v) is 4.29. The average Bonchev–Trinajstić information content (AvgIpc) is 3.03. The molecule has 1 amide bonds. The van der Waals surface area contributed by atoms with Crippen LogP contribution < -0.4 is 0 Å². The van der Waals surface area contributed by atoms with Crippen LogP contribution in [0.1, 0.15) is 35.0 Å². The fraction of sp³-hybridized carbons (Fsp3) is 0.643. The first-order valence-electron chi connectivity index (χ1n) is 6.93. The zero-order valence-corrected chi connectivity index (χ0v) is 11.6. The number of aromatic nitrogens is 1. The van der Waals surface area contributed by atoms with E-state index in [0.717, 1.165) is 12.8 Å². The van der Waals surface area contributed by atoms with Gasteiger partial charge in [-0.15, -0.1) is 0 Å². The van der Waals surface area contributed by atoms with Crippen molar-refractivity contribution in [2.75, 3.05) is 13.1 Å². The lowest BCUT2D eigenvalue weighted by molar-refractivity contribution is -0.142. The van der Waals surface area contributed by atoms with Crippen LogP contribution in [0.2, 0.25) is 0 Å². The Bertz CT molecular complexity index is 562. The van der Waals surface area contributed by atoms with Crippen molar-refractivity contribution in [1.29, 1.82) is 0 Å². The summed E-state index contributed by atoms with van der Waals surface area (Å²) in [5.74, 6) is -0.246. The van der Waals surface area contributed by atoms with Gasteiger partial charge < -0.3 is 14.4 Å². The van der Waals surface area contributed by atoms with Crippen LogP contribution >= 0.6 is 0 Å². The molecule has 1 saturated carbocycles. The van der Waals surface area contributed by atoms with E-state index in [0.29, 0.717) is 24.0 Å². The third kappa shape index (κ3) is 2.19. The summed E-state index contributed by atoms with van der Waals surface area (Å²) in [5.41, 5.74) is 0.564. The fourth-order valence-corrected chi connectivity index (χ4v) is 3.13. The number of rotatable bonds is 3. The van der Waals surface area contributed by atoms with Crippen LogP contribution in [0, 0.1) is 31.6 Å². The van der Waals surface area contributed by atoms with Crippen LogP contribution in [-0.2, 0) is 4.79 Å². The monoisotopic (exact) mass is 278 g/mol. The Morgan fingerprint density at radius 3 is 2.50 bits per heavy atom. The topological polar surface area (TPSA) is 83.6 Å². The van der Waals surface area contributed by atoms with Crippen LogP contribution in [0.3, 0.4) is 0 Å². The molecule has 2 aliphatic rings. The second kappa shape index (κ2) is 4.61. The molecule has 1 aromatic rings. The minimum Gasteiger partial charge on any atom is -0.481 e. The van der Waals surface area contributed by atoms with Gasteiger partial charge in [0.15, 0.2) is 5.89 Å². The number of hydrogen-bond donors (Lipinski definition) is 1. The summed E-state index contributed by atoms with van der Waals surface area (Å²) < 4.78 is 5.35. The molecular formula is C14H18N2O4. The number of amides is 1. The van der Waals surface area contributed by atoms with E-state index in [1.165, 1.54) is 0 Å². The SMILES string of the molecule is Cc1nc(C)c(C(=O)N2C[C@H](C(=O)O)[C@@H](C3CC3)C2)o1. The number of nitrogens with zero attached hydrogens (tertiary/aromatic N) is 2. The Kier molecular flexibility index (Phi) is 3.03. The Morgan fingerprint density at radius 1 is 1.30 bits per heavy atom. The summed E-state index contributed by atoms with van der Waals surface area (Å²) >= 11 is 0. The number of carbonyl (C=O) groups is 2. The minimum atomic E-state index is -0.803. The van der Waals surface area contributed by atoms with Gasteiger partial charge in [-0.1, -0.05) is 0 Å². The molecule has 2 atom stereocenters. The van der Waals surface area contributed by atoms with Crippen molar-refractivity contribution in [2.45, 2.75) is 26.7 Å². The van der Waals surface area contributed by atoms with E-state index >= 15 is 0 Å². The standard InChI is InChI=1S/C14H18N2O4/c1-7-12(20-8(2)15-7)13(17)16-5-10(9-3-4-9)11(6-16)14(18)19/h9-11H,3-6H2,1-2H3,(H,18,19)/t10-,11+/m1/s1. The zero-order valence-electron chi connectivity index (χ0n) is 11.6. The zero-order chi connectivity index (χ0) is 14.4. The van der Waals surface area contributed by atoms with Gasteiger partial charge in [0.25, 0.3) is 5.91 Å². The first-order chi connectivity index (χ1) is 9.47. The van der Waals surface area contributed by atoms with Crippen LogP contribution in [0.15, 0.2) is 4.42 Å². The summed E-state index contributed by atoms with van der Waals surface area (Å²) in [5, 5.41) is 9.32. The Balaban J connectivity index is 1.79. The maximum absolute atomic E-state index is 12.4. The second-order valence-corrected chi connectivity index (χ2v) is 5.80. The van der Waals surface area contributed by atoms with E-state index in [1.807, 2.05) is 0 Å². The maximum Gasteiger partial charge on any atom is 0.308 e. The minimum absolute atomic E-state index is 0.0841. The molecule has 0 radical (unpaired) electrons. The third-order valence-electron chi connectivity index (χ3n) is 4.29. The average molecular weight is 278 g/mol. The lowest BCUT2D eigenvalue weighted by atomic mass is 9.92. The number of carbonyl (C=O) groups excluding carboxylic acids is 1. The smallest absolute Gasteiger partial charge is 0.308 e. The molecule has 0 bridgehead atoms. The number of aliphatic carboxylic acids is 1. The van der Waals surface area contributed by atoms with Gasteiger partial charge in [0.2, 0.25) is 5.76 Å². The molecule has 3 rings (SSSR count). The van der Waals surface area contributed by atoms with Gasteiger partial charge in [-0.2, -0.15) is 0 Å². The van der Waals surface area contributed by atoms with Crippen molar-refractivity contribution in [2.24, 2.45) is 17.8 Å². The molecule has 6 heteroatoms. The number of oxazole rings is 1. The lowest BCUT2D eigenvalue weighted by Gasteiger charge is -2.14. The summed E-state index contributed by atoms with van der Waals surface area (Å²) in [6.45, 7) is 4.21. The van der Waals surface area contributed by atoms with E-state index in [1.54, 1.807) is 18.7 Å². The van der Waals surface area contributed by atoms with Gasteiger partial charge in [-0.25, -0.2) is 4.98 Å². The van der Waals surface area contributed by atoms with Crippen molar-refractivity contribution in [3.63, 3.8) is 0 Å². The lowest BCUT2D eigenvalue weighted by Crippen LogP contribution is -2.30. The first-order valence-corrected chi connectivity index (χ1v) is 6.93. The second-order valence-electron chi connectivity index (χ2n) is 5.80. The summed E-state index contributed by atoms with van der Waals surface area (Å²) in [7, 11) is 0. The summed E-state index contributed by atoms with van der Waals surface area (Å²) in [4.78, 5) is 29.5. The summed E-state index contributed by atoms with van der Waals surface area (Å²) in [6.07, 6.45) is 2.16. The van der Waals surface area contributed by atoms with Crippen molar-refractivity contribution in [3.05, 3.63) is 17.3 Å². The van der Waals surface area contributed by atoms with Gasteiger partial charge in [0, 0.05) is 20.0 Å². The molecule has 20 heavy (non-hydrogen) atoms. The molecule has 2 fully saturated rings. The highest BCUT2D eigenvalue weighted by Gasteiger charge is 2.47. The van der Waals surface area contributed by atoms with Crippen LogP contribution in [-0.4, -0.2) is 40.0 Å².